The Kier molecular flexibility index (Phi) is 3.51. The van der Waals surface area contributed by atoms with Gasteiger partial charge in [0.1, 0.15) is 5.58 Å². The molecule has 1 heterocycles. The lowest BCUT2D eigenvalue weighted by Gasteiger charge is -2.03. The predicted octanol–water partition coefficient (Wildman–Crippen LogP) is 3.93. The lowest BCUT2D eigenvalue weighted by Crippen LogP contribution is -2.10. The van der Waals surface area contributed by atoms with E-state index in [0.717, 1.165) is 5.56 Å². The van der Waals surface area contributed by atoms with Crippen LogP contribution in [0.15, 0.2) is 52.9 Å². The summed E-state index contributed by atoms with van der Waals surface area (Å²) in [5.74, 6) is -0.343. The molecule has 2 aromatic carbocycles. The Balaban J connectivity index is 2.14. The average molecular weight is 293 g/mol. The highest BCUT2D eigenvalue weighted by Gasteiger charge is 2.22. The van der Waals surface area contributed by atoms with Gasteiger partial charge in [0.15, 0.2) is 5.76 Å². The standard InChI is InChI=1S/C18H15NO3/c1-11-7-9-13(10-8-11)17(21)18-16(19-12(2)20)14-5-3-4-6-15(14)22-18/h3-10H,1-2H3,(H,19,20). The summed E-state index contributed by atoms with van der Waals surface area (Å²) in [5.41, 5.74) is 2.59. The minimum absolute atomic E-state index is 0.153. The van der Waals surface area contributed by atoms with E-state index >= 15 is 0 Å². The van der Waals surface area contributed by atoms with Crippen LogP contribution in [0, 0.1) is 6.92 Å². The molecule has 1 amide bonds. The van der Waals surface area contributed by atoms with E-state index in [9.17, 15) is 9.59 Å². The number of carbonyl (C=O) groups is 2. The second-order valence-electron chi connectivity index (χ2n) is 5.18. The van der Waals surface area contributed by atoms with Gasteiger partial charge in [0, 0.05) is 17.9 Å². The van der Waals surface area contributed by atoms with E-state index in [0.29, 0.717) is 22.2 Å². The van der Waals surface area contributed by atoms with Gasteiger partial charge in [-0.25, -0.2) is 0 Å². The lowest BCUT2D eigenvalue weighted by molar-refractivity contribution is -0.114. The number of anilines is 1. The van der Waals surface area contributed by atoms with Crippen molar-refractivity contribution < 1.29 is 14.0 Å². The molecule has 4 nitrogen and oxygen atoms in total. The molecular formula is C18H15NO3. The van der Waals surface area contributed by atoms with E-state index in [1.807, 2.05) is 37.3 Å². The molecule has 0 aliphatic carbocycles. The third kappa shape index (κ3) is 2.51. The molecule has 110 valence electrons. The second kappa shape index (κ2) is 5.48. The number of benzene rings is 2. The number of para-hydroxylation sites is 1. The molecule has 0 atom stereocenters. The van der Waals surface area contributed by atoms with Gasteiger partial charge in [0.05, 0.1) is 5.69 Å². The zero-order chi connectivity index (χ0) is 15.7. The Morgan fingerprint density at radius 2 is 1.68 bits per heavy atom. The first-order valence-electron chi connectivity index (χ1n) is 6.97. The Morgan fingerprint density at radius 1 is 1.00 bits per heavy atom. The smallest absolute Gasteiger partial charge is 0.230 e. The molecule has 4 heteroatoms. The minimum Gasteiger partial charge on any atom is -0.450 e. The number of hydrogen-bond acceptors (Lipinski definition) is 3. The summed E-state index contributed by atoms with van der Waals surface area (Å²) in [6, 6.07) is 14.5. The van der Waals surface area contributed by atoms with E-state index in [-0.39, 0.29) is 17.5 Å². The molecule has 0 bridgehead atoms. The number of carbonyl (C=O) groups excluding carboxylic acids is 2. The average Bonchev–Trinajstić information content (AvgIpc) is 2.86. The van der Waals surface area contributed by atoms with E-state index < -0.39 is 0 Å². The largest absolute Gasteiger partial charge is 0.450 e. The normalized spacial score (nSPS) is 10.6. The molecule has 0 aliphatic heterocycles. The molecule has 3 rings (SSSR count). The Morgan fingerprint density at radius 3 is 2.36 bits per heavy atom. The van der Waals surface area contributed by atoms with Crippen molar-refractivity contribution in [3.63, 3.8) is 0 Å². The van der Waals surface area contributed by atoms with Crippen LogP contribution in [0.2, 0.25) is 0 Å². The quantitative estimate of drug-likeness (QED) is 0.744. The molecule has 1 aromatic heterocycles. The maximum absolute atomic E-state index is 12.7. The number of aryl methyl sites for hydroxylation is 1. The molecule has 1 N–H and O–H groups in total. The predicted molar refractivity (Wildman–Crippen MR) is 85.1 cm³/mol. The zero-order valence-electron chi connectivity index (χ0n) is 12.3. The lowest BCUT2D eigenvalue weighted by atomic mass is 10.1. The zero-order valence-corrected chi connectivity index (χ0v) is 12.3. The monoisotopic (exact) mass is 293 g/mol. The van der Waals surface area contributed by atoms with Gasteiger partial charge in [0.2, 0.25) is 11.7 Å². The molecule has 0 unspecified atom stereocenters. The van der Waals surface area contributed by atoms with Gasteiger partial charge in [-0.3, -0.25) is 9.59 Å². The van der Waals surface area contributed by atoms with Crippen molar-refractivity contribution in [3.05, 3.63) is 65.4 Å². The highest BCUT2D eigenvalue weighted by molar-refractivity contribution is 6.17. The molecule has 0 aliphatic rings. The first-order valence-corrected chi connectivity index (χ1v) is 6.97. The molecule has 0 spiro atoms. The maximum atomic E-state index is 12.7. The first kappa shape index (κ1) is 14.1. The van der Waals surface area contributed by atoms with E-state index in [2.05, 4.69) is 5.32 Å². The maximum Gasteiger partial charge on any atom is 0.230 e. The molecule has 22 heavy (non-hydrogen) atoms. The molecule has 0 saturated carbocycles. The summed E-state index contributed by atoms with van der Waals surface area (Å²) < 4.78 is 5.68. The van der Waals surface area contributed by atoms with Gasteiger partial charge in [-0.15, -0.1) is 0 Å². The van der Waals surface area contributed by atoms with Crippen molar-refractivity contribution in [2.75, 3.05) is 5.32 Å². The highest BCUT2D eigenvalue weighted by atomic mass is 16.3. The number of nitrogens with one attached hydrogen (secondary N) is 1. The first-order chi connectivity index (χ1) is 10.6. The third-order valence-corrected chi connectivity index (χ3v) is 3.42. The van der Waals surface area contributed by atoms with Crippen LogP contribution in [0.3, 0.4) is 0 Å². The molecule has 3 aromatic rings. The second-order valence-corrected chi connectivity index (χ2v) is 5.18. The number of hydrogen-bond donors (Lipinski definition) is 1. The minimum atomic E-state index is -0.250. The van der Waals surface area contributed by atoms with E-state index in [1.54, 1.807) is 18.2 Å². The van der Waals surface area contributed by atoms with Crippen LogP contribution >= 0.6 is 0 Å². The summed E-state index contributed by atoms with van der Waals surface area (Å²) >= 11 is 0. The summed E-state index contributed by atoms with van der Waals surface area (Å²) in [7, 11) is 0. The van der Waals surface area contributed by atoms with Crippen molar-refractivity contribution in [3.8, 4) is 0 Å². The molecule has 0 saturated heterocycles. The summed E-state index contributed by atoms with van der Waals surface area (Å²) in [6.45, 7) is 3.36. The van der Waals surface area contributed by atoms with Crippen molar-refractivity contribution in [1.29, 1.82) is 0 Å². The third-order valence-electron chi connectivity index (χ3n) is 3.42. The van der Waals surface area contributed by atoms with Gasteiger partial charge in [-0.2, -0.15) is 0 Å². The fraction of sp³-hybridized carbons (Fsp3) is 0.111. The number of rotatable bonds is 3. The topological polar surface area (TPSA) is 59.3 Å². The SMILES string of the molecule is CC(=O)Nc1c(C(=O)c2ccc(C)cc2)oc2ccccc12. The van der Waals surface area contributed by atoms with Gasteiger partial charge in [-0.05, 0) is 19.1 Å². The van der Waals surface area contributed by atoms with Gasteiger partial charge >= 0.3 is 0 Å². The summed E-state index contributed by atoms with van der Waals surface area (Å²) in [6.07, 6.45) is 0. The number of furan rings is 1. The van der Waals surface area contributed by atoms with Crippen LogP contribution < -0.4 is 5.32 Å². The molecule has 0 fully saturated rings. The number of fused-ring (bicyclic) bond motifs is 1. The van der Waals surface area contributed by atoms with Gasteiger partial charge in [-0.1, -0.05) is 42.0 Å². The van der Waals surface area contributed by atoms with Crippen LogP contribution in [-0.4, -0.2) is 11.7 Å². The molecular weight excluding hydrogens is 278 g/mol. The summed E-state index contributed by atoms with van der Waals surface area (Å²) in [5, 5.41) is 3.42. The molecule has 0 radical (unpaired) electrons. The highest BCUT2D eigenvalue weighted by Crippen LogP contribution is 2.32. The van der Waals surface area contributed by atoms with Crippen LogP contribution in [0.1, 0.15) is 28.6 Å². The fourth-order valence-electron chi connectivity index (χ4n) is 2.34. The Hall–Kier alpha value is -2.88. The Labute approximate surface area is 127 Å². The summed E-state index contributed by atoms with van der Waals surface area (Å²) in [4.78, 5) is 24.1. The van der Waals surface area contributed by atoms with E-state index in [1.165, 1.54) is 6.92 Å². The van der Waals surface area contributed by atoms with Crippen LogP contribution in [0.4, 0.5) is 5.69 Å². The van der Waals surface area contributed by atoms with Gasteiger partial charge < -0.3 is 9.73 Å². The Bertz CT molecular complexity index is 860. The van der Waals surface area contributed by atoms with Crippen molar-refractivity contribution >= 4 is 28.3 Å². The number of amides is 1. The fourth-order valence-corrected chi connectivity index (χ4v) is 2.34. The van der Waals surface area contributed by atoms with Crippen LogP contribution in [0.5, 0.6) is 0 Å². The van der Waals surface area contributed by atoms with Crippen molar-refractivity contribution in [2.24, 2.45) is 0 Å². The van der Waals surface area contributed by atoms with Crippen LogP contribution in [-0.2, 0) is 4.79 Å². The van der Waals surface area contributed by atoms with Crippen molar-refractivity contribution in [2.45, 2.75) is 13.8 Å². The van der Waals surface area contributed by atoms with Gasteiger partial charge in [0.25, 0.3) is 0 Å². The van der Waals surface area contributed by atoms with Crippen LogP contribution in [0.25, 0.3) is 11.0 Å². The van der Waals surface area contributed by atoms with E-state index in [4.69, 9.17) is 4.42 Å². The number of ketones is 1. The van der Waals surface area contributed by atoms with Crippen molar-refractivity contribution in [1.82, 2.24) is 0 Å².